The van der Waals surface area contributed by atoms with Crippen LogP contribution in [0.2, 0.25) is 0 Å². The van der Waals surface area contributed by atoms with E-state index in [9.17, 15) is 47.9 Å². The summed E-state index contributed by atoms with van der Waals surface area (Å²) < 4.78 is 0. The Balaban J connectivity index is -0.000000558. The lowest BCUT2D eigenvalue weighted by Crippen LogP contribution is -2.48. The van der Waals surface area contributed by atoms with Crippen LogP contribution < -0.4 is 21.3 Å². The third-order valence-electron chi connectivity index (χ3n) is 6.24. The van der Waals surface area contributed by atoms with Crippen molar-refractivity contribution in [2.45, 2.75) is 27.7 Å². The highest BCUT2D eigenvalue weighted by molar-refractivity contribution is 5.92. The predicted molar refractivity (Wildman–Crippen MR) is 191 cm³/mol. The van der Waals surface area contributed by atoms with E-state index in [1.807, 2.05) is 27.8 Å². The summed E-state index contributed by atoms with van der Waals surface area (Å²) in [6.07, 6.45) is 0.988. The first kappa shape index (κ1) is 53.5. The Kier molecular flexibility index (Phi) is 33.8. The van der Waals surface area contributed by atoms with Gasteiger partial charge >= 0.3 is 5.97 Å². The summed E-state index contributed by atoms with van der Waals surface area (Å²) >= 11 is 0. The van der Waals surface area contributed by atoms with Crippen molar-refractivity contribution in [1.29, 1.82) is 0 Å². The maximum Gasteiger partial charge on any atom is 0.322 e. The van der Waals surface area contributed by atoms with Gasteiger partial charge in [0.15, 0.2) is 0 Å². The first-order chi connectivity index (χ1) is 24.3. The van der Waals surface area contributed by atoms with Gasteiger partial charge in [-0.2, -0.15) is 0 Å². The average molecular weight is 749 g/mol. The summed E-state index contributed by atoms with van der Waals surface area (Å²) in [6, 6.07) is 0. The second-order valence-corrected chi connectivity index (χ2v) is 10.6. The van der Waals surface area contributed by atoms with Crippen LogP contribution in [0.25, 0.3) is 0 Å². The van der Waals surface area contributed by atoms with Crippen LogP contribution in [-0.2, 0) is 47.9 Å². The fraction of sp³-hybridized carbons (Fsp3) is 0.677. The molecule has 0 aliphatic rings. The molecule has 9 amide bonds. The topological polar surface area (TPSA) is 258 Å². The molecule has 0 aliphatic heterocycles. The Morgan fingerprint density at radius 1 is 0.558 bits per heavy atom. The van der Waals surface area contributed by atoms with E-state index >= 15 is 0 Å². The van der Waals surface area contributed by atoms with Gasteiger partial charge in [0, 0.05) is 48.8 Å². The van der Waals surface area contributed by atoms with Gasteiger partial charge in [-0.15, -0.1) is 0 Å². The number of carboxylic acids is 1. The molecule has 0 heterocycles. The van der Waals surface area contributed by atoms with Gasteiger partial charge in [0.25, 0.3) is 0 Å². The summed E-state index contributed by atoms with van der Waals surface area (Å²) in [4.78, 5) is 121. The van der Waals surface area contributed by atoms with Crippen molar-refractivity contribution in [2.24, 2.45) is 0 Å². The highest BCUT2D eigenvalue weighted by Crippen LogP contribution is 1.93. The molecule has 0 radical (unpaired) electrons. The van der Waals surface area contributed by atoms with Gasteiger partial charge in [-0.05, 0) is 20.5 Å². The molecule has 300 valence electrons. The number of carbonyl (C=O) groups is 10. The Hall–Kier alpha value is -5.34. The van der Waals surface area contributed by atoms with Crippen molar-refractivity contribution in [2.75, 3.05) is 115 Å². The van der Waals surface area contributed by atoms with Gasteiger partial charge in [0.1, 0.15) is 6.54 Å². The minimum absolute atomic E-state index is 0.0397. The van der Waals surface area contributed by atoms with Crippen LogP contribution >= 0.6 is 0 Å². The number of carbonyl (C=O) groups excluding carboxylic acids is 9. The van der Waals surface area contributed by atoms with E-state index in [1.165, 1.54) is 33.1 Å². The van der Waals surface area contributed by atoms with Crippen molar-refractivity contribution in [3.8, 4) is 0 Å². The van der Waals surface area contributed by atoms with Crippen molar-refractivity contribution < 1.29 is 53.1 Å². The van der Waals surface area contributed by atoms with Crippen molar-refractivity contribution in [3.05, 3.63) is 0 Å². The van der Waals surface area contributed by atoms with Gasteiger partial charge in [0.05, 0.1) is 45.8 Å². The molecular formula is C31H60N10O11. The zero-order valence-corrected chi connectivity index (χ0v) is 32.4. The van der Waals surface area contributed by atoms with Gasteiger partial charge in [-0.25, -0.2) is 0 Å². The molecule has 5 N–H and O–H groups in total. The molecule has 0 spiro atoms. The fourth-order valence-corrected chi connectivity index (χ4v) is 2.84. The van der Waals surface area contributed by atoms with E-state index in [4.69, 9.17) is 5.11 Å². The van der Waals surface area contributed by atoms with E-state index in [0.29, 0.717) is 19.4 Å². The second kappa shape index (κ2) is 32.8. The van der Waals surface area contributed by atoms with E-state index in [2.05, 4.69) is 28.2 Å². The third-order valence-corrected chi connectivity index (χ3v) is 6.24. The molecule has 52 heavy (non-hydrogen) atoms. The molecule has 0 aliphatic carbocycles. The first-order valence-corrected chi connectivity index (χ1v) is 16.2. The van der Waals surface area contributed by atoms with Crippen LogP contribution in [0, 0.1) is 0 Å². The highest BCUT2D eigenvalue weighted by Gasteiger charge is 2.21. The summed E-state index contributed by atoms with van der Waals surface area (Å²) in [6.45, 7) is 7.03. The largest absolute Gasteiger partial charge is 0.480 e. The number of nitrogens with zero attached hydrogens (tertiary/aromatic N) is 6. The van der Waals surface area contributed by atoms with Crippen molar-refractivity contribution in [1.82, 2.24) is 50.7 Å². The van der Waals surface area contributed by atoms with E-state index in [-0.39, 0.29) is 25.5 Å². The number of amides is 9. The van der Waals surface area contributed by atoms with Gasteiger partial charge in [-0.1, -0.05) is 20.8 Å². The highest BCUT2D eigenvalue weighted by atomic mass is 16.4. The molecule has 0 saturated carbocycles. The number of hydrogen-bond donors (Lipinski definition) is 5. The number of rotatable bonds is 20. The number of nitrogens with one attached hydrogen (secondary N) is 4. The molecule has 0 saturated heterocycles. The van der Waals surface area contributed by atoms with Crippen molar-refractivity contribution in [3.63, 3.8) is 0 Å². The first-order valence-electron chi connectivity index (χ1n) is 16.2. The van der Waals surface area contributed by atoms with Gasteiger partial charge < -0.3 is 55.8 Å². The van der Waals surface area contributed by atoms with Crippen LogP contribution in [0.4, 0.5) is 0 Å². The van der Waals surface area contributed by atoms with Crippen LogP contribution in [0.1, 0.15) is 27.7 Å². The number of likely N-dealkylation sites (N-methyl/N-ethyl adjacent to an activating group) is 6. The van der Waals surface area contributed by atoms with E-state index < -0.39 is 74.1 Å². The predicted octanol–water partition coefficient (Wildman–Crippen LogP) is -4.31. The number of carboxylic acid groups (broad SMARTS) is 1. The summed E-state index contributed by atoms with van der Waals surface area (Å²) in [7, 11) is 10.5. The number of hydrogen-bond acceptors (Lipinski definition) is 11. The minimum atomic E-state index is -1.23. The standard InChI is InChI=1S/C19H31N7O9.C7H14N2O2.C3H9N.C2H6/c1-23(17(32)10-25(3)15(30)5-20-12-27)8-13(28)21-6-16(31)26(4)11-18(33)24(2)9-14(29)22-7-19(34)35;1-4-9(3)7(11)5-8(2)6-10;1-3-4-2;1-2/h12H,5-11H2,1-4H3,(H,20,27)(H,21,28)(H,22,29)(H,34,35);6H,4-5H2,1-3H3;4H,3H2,1-2H3;1-2H3. The molecule has 0 rings (SSSR count). The molecular weight excluding hydrogens is 688 g/mol. The maximum atomic E-state index is 12.2. The lowest BCUT2D eigenvalue weighted by molar-refractivity contribution is -0.141. The lowest BCUT2D eigenvalue weighted by atomic mass is 10.4. The molecule has 0 bridgehead atoms. The Morgan fingerprint density at radius 2 is 0.923 bits per heavy atom. The quantitative estimate of drug-likeness (QED) is 0.0741. The van der Waals surface area contributed by atoms with Gasteiger partial charge in [-0.3, -0.25) is 47.9 Å². The van der Waals surface area contributed by atoms with Gasteiger partial charge in [0.2, 0.25) is 54.2 Å². The maximum absolute atomic E-state index is 12.2. The molecule has 0 unspecified atom stereocenters. The fourth-order valence-electron chi connectivity index (χ4n) is 2.84. The molecule has 21 nitrogen and oxygen atoms in total. The summed E-state index contributed by atoms with van der Waals surface area (Å²) in [5.41, 5.74) is 0. The minimum Gasteiger partial charge on any atom is -0.480 e. The Morgan fingerprint density at radius 3 is 1.27 bits per heavy atom. The zero-order chi connectivity index (χ0) is 41.4. The molecule has 21 heteroatoms. The normalized spacial score (nSPS) is 9.21. The lowest BCUT2D eigenvalue weighted by Gasteiger charge is -2.23. The molecule has 0 aromatic rings. The van der Waals surface area contributed by atoms with Crippen molar-refractivity contribution >= 4 is 60.1 Å². The summed E-state index contributed by atoms with van der Waals surface area (Å²) in [5, 5.41) is 18.0. The third kappa shape index (κ3) is 29.6. The monoisotopic (exact) mass is 748 g/mol. The molecule has 0 atom stereocenters. The Labute approximate surface area is 306 Å². The summed E-state index contributed by atoms with van der Waals surface area (Å²) in [5.74, 6) is -4.87. The van der Waals surface area contributed by atoms with E-state index in [0.717, 1.165) is 26.1 Å². The van der Waals surface area contributed by atoms with Crippen LogP contribution in [0.3, 0.4) is 0 Å². The van der Waals surface area contributed by atoms with Crippen LogP contribution in [-0.4, -0.2) is 209 Å². The molecule has 0 aromatic heterocycles. The Bertz CT molecular complexity index is 1140. The number of aliphatic carboxylic acids is 1. The van der Waals surface area contributed by atoms with Crippen LogP contribution in [0.5, 0.6) is 0 Å². The smallest absolute Gasteiger partial charge is 0.322 e. The van der Waals surface area contributed by atoms with Crippen LogP contribution in [0.15, 0.2) is 0 Å². The zero-order valence-electron chi connectivity index (χ0n) is 32.4. The SMILES string of the molecule is CC.CCN(C)C(=O)CN(C)C=O.CCNC.CN(CC(=O)NCC(=O)N(C)CC(=O)N(C)CC(=O)NCC(=O)O)C(=O)CN(C)C(=O)CNC=O. The molecule has 0 fully saturated rings. The van der Waals surface area contributed by atoms with E-state index in [1.54, 1.807) is 19.0 Å². The molecule has 0 aromatic carbocycles. The average Bonchev–Trinajstić information content (AvgIpc) is 3.12. The second-order valence-electron chi connectivity index (χ2n) is 10.6.